The molecule has 23 heavy (non-hydrogen) atoms. The molecular weight excluding hydrogens is 288 g/mol. The smallest absolute Gasteiger partial charge is 0.354 e. The lowest BCUT2D eigenvalue weighted by atomic mass is 9.96. The molecule has 2 rings (SSSR count). The van der Waals surface area contributed by atoms with Gasteiger partial charge in [0, 0.05) is 0 Å². The normalized spacial score (nSPS) is 12.0. The summed E-state index contributed by atoms with van der Waals surface area (Å²) in [7, 11) is 0. The van der Waals surface area contributed by atoms with Crippen molar-refractivity contribution in [1.82, 2.24) is 9.78 Å². The van der Waals surface area contributed by atoms with Crippen LogP contribution in [0.5, 0.6) is 0 Å². The third-order valence-corrected chi connectivity index (χ3v) is 3.72. The summed E-state index contributed by atoms with van der Waals surface area (Å²) in [4.78, 5) is 11.5. The van der Waals surface area contributed by atoms with E-state index in [4.69, 9.17) is 0 Å². The van der Waals surface area contributed by atoms with Gasteiger partial charge in [-0.3, -0.25) is 4.68 Å². The maximum absolute atomic E-state index is 11.5. The molecule has 0 radical (unpaired) electrons. The first kappa shape index (κ1) is 17.0. The zero-order chi connectivity index (χ0) is 17.2. The molecule has 0 aliphatic heterocycles. The van der Waals surface area contributed by atoms with Crippen molar-refractivity contribution in [2.45, 2.75) is 41.2 Å². The molecule has 0 amide bonds. The van der Waals surface area contributed by atoms with Gasteiger partial charge in [0.1, 0.15) is 5.69 Å². The maximum atomic E-state index is 11.5. The molecule has 1 heterocycles. The molecule has 0 atom stereocenters. The molecule has 0 saturated carbocycles. The van der Waals surface area contributed by atoms with Gasteiger partial charge < -0.3 is 5.11 Å². The van der Waals surface area contributed by atoms with E-state index in [0.29, 0.717) is 12.2 Å². The van der Waals surface area contributed by atoms with Crippen molar-refractivity contribution in [1.29, 1.82) is 0 Å². The second-order valence-corrected chi connectivity index (χ2v) is 6.99. The lowest BCUT2D eigenvalue weighted by Crippen LogP contribution is -2.12. The maximum Gasteiger partial charge on any atom is 0.354 e. The van der Waals surface area contributed by atoms with E-state index in [-0.39, 0.29) is 11.1 Å². The summed E-state index contributed by atoms with van der Waals surface area (Å²) in [5, 5.41) is 13.9. The van der Waals surface area contributed by atoms with E-state index in [1.165, 1.54) is 0 Å². The average molecular weight is 312 g/mol. The SMILES string of the molecule is Cc1cccc(C)c1Cn1nc(C=CC(C)(C)C)cc1C(=O)O. The molecule has 0 aliphatic carbocycles. The number of aromatic nitrogens is 2. The van der Waals surface area contributed by atoms with E-state index in [2.05, 4.69) is 25.9 Å². The number of hydrogen-bond acceptors (Lipinski definition) is 2. The quantitative estimate of drug-likeness (QED) is 0.915. The Morgan fingerprint density at radius 2 is 1.87 bits per heavy atom. The largest absolute Gasteiger partial charge is 0.477 e. The fraction of sp³-hybridized carbons (Fsp3) is 0.368. The Hall–Kier alpha value is -2.36. The molecular formula is C19H24N2O2. The molecule has 0 saturated heterocycles. The molecule has 0 aliphatic rings. The van der Waals surface area contributed by atoms with Gasteiger partial charge in [-0.25, -0.2) is 4.79 Å². The number of allylic oxidation sites excluding steroid dienone is 1. The highest BCUT2D eigenvalue weighted by Gasteiger charge is 2.15. The number of aryl methyl sites for hydroxylation is 2. The topological polar surface area (TPSA) is 55.1 Å². The van der Waals surface area contributed by atoms with E-state index in [1.807, 2.05) is 44.2 Å². The van der Waals surface area contributed by atoms with Crippen LogP contribution in [0.4, 0.5) is 0 Å². The molecule has 4 heteroatoms. The Morgan fingerprint density at radius 1 is 1.26 bits per heavy atom. The van der Waals surface area contributed by atoms with Crippen molar-refractivity contribution >= 4 is 12.0 Å². The highest BCUT2D eigenvalue weighted by molar-refractivity contribution is 5.86. The van der Waals surface area contributed by atoms with Crippen LogP contribution in [0, 0.1) is 19.3 Å². The number of nitrogens with zero attached hydrogens (tertiary/aromatic N) is 2. The predicted molar refractivity (Wildman–Crippen MR) is 92.7 cm³/mol. The minimum absolute atomic E-state index is 0.0276. The Bertz CT molecular complexity index is 729. The van der Waals surface area contributed by atoms with Gasteiger partial charge in [-0.1, -0.05) is 45.0 Å². The van der Waals surface area contributed by atoms with Crippen LogP contribution < -0.4 is 0 Å². The van der Waals surface area contributed by atoms with Crippen LogP contribution >= 0.6 is 0 Å². The molecule has 4 nitrogen and oxygen atoms in total. The summed E-state index contributed by atoms with van der Waals surface area (Å²) in [6.07, 6.45) is 3.91. The second kappa shape index (κ2) is 6.41. The fourth-order valence-electron chi connectivity index (χ4n) is 2.39. The lowest BCUT2D eigenvalue weighted by Gasteiger charge is -2.11. The minimum Gasteiger partial charge on any atom is -0.477 e. The van der Waals surface area contributed by atoms with Gasteiger partial charge in [0.15, 0.2) is 0 Å². The number of aromatic carboxylic acids is 1. The van der Waals surface area contributed by atoms with Gasteiger partial charge in [-0.05, 0) is 48.1 Å². The van der Waals surface area contributed by atoms with Crippen LogP contribution in [0.2, 0.25) is 0 Å². The van der Waals surface area contributed by atoms with E-state index in [1.54, 1.807) is 10.7 Å². The van der Waals surface area contributed by atoms with Gasteiger partial charge >= 0.3 is 5.97 Å². The second-order valence-electron chi connectivity index (χ2n) is 6.99. The molecule has 1 aromatic heterocycles. The van der Waals surface area contributed by atoms with Crippen LogP contribution in [0.3, 0.4) is 0 Å². The Labute approximate surface area is 137 Å². The van der Waals surface area contributed by atoms with Crippen LogP contribution in [-0.2, 0) is 6.54 Å². The first-order chi connectivity index (χ1) is 10.7. The average Bonchev–Trinajstić information content (AvgIpc) is 2.83. The van der Waals surface area contributed by atoms with Crippen LogP contribution in [0.15, 0.2) is 30.3 Å². The number of carbonyl (C=O) groups is 1. The van der Waals surface area contributed by atoms with Crippen LogP contribution in [0.1, 0.15) is 53.6 Å². The molecule has 122 valence electrons. The molecule has 1 aromatic carbocycles. The number of carboxylic acids is 1. The van der Waals surface area contributed by atoms with Crippen molar-refractivity contribution in [3.63, 3.8) is 0 Å². The van der Waals surface area contributed by atoms with Gasteiger partial charge in [0.2, 0.25) is 0 Å². The first-order valence-corrected chi connectivity index (χ1v) is 7.73. The molecule has 0 bridgehead atoms. The predicted octanol–water partition coefficient (Wildman–Crippen LogP) is 4.31. The van der Waals surface area contributed by atoms with E-state index in [0.717, 1.165) is 16.7 Å². The van der Waals surface area contributed by atoms with Crippen molar-refractivity contribution in [2.24, 2.45) is 5.41 Å². The first-order valence-electron chi connectivity index (χ1n) is 7.73. The van der Waals surface area contributed by atoms with E-state index < -0.39 is 5.97 Å². The van der Waals surface area contributed by atoms with E-state index >= 15 is 0 Å². The van der Waals surface area contributed by atoms with Gasteiger partial charge in [-0.2, -0.15) is 5.10 Å². The third kappa shape index (κ3) is 4.31. The summed E-state index contributed by atoms with van der Waals surface area (Å²) in [6.45, 7) is 10.8. The van der Waals surface area contributed by atoms with Crippen molar-refractivity contribution < 1.29 is 9.90 Å². The molecule has 0 fully saturated rings. The zero-order valence-corrected chi connectivity index (χ0v) is 14.4. The summed E-state index contributed by atoms with van der Waals surface area (Å²) < 4.78 is 1.57. The molecule has 0 unspecified atom stereocenters. The molecule has 2 aromatic rings. The highest BCUT2D eigenvalue weighted by atomic mass is 16.4. The lowest BCUT2D eigenvalue weighted by molar-refractivity contribution is 0.0684. The van der Waals surface area contributed by atoms with Crippen LogP contribution in [-0.4, -0.2) is 20.9 Å². The number of rotatable bonds is 4. The fourth-order valence-corrected chi connectivity index (χ4v) is 2.39. The number of hydrogen-bond donors (Lipinski definition) is 1. The number of carboxylic acid groups (broad SMARTS) is 1. The molecule has 1 N–H and O–H groups in total. The van der Waals surface area contributed by atoms with Crippen molar-refractivity contribution in [3.05, 3.63) is 58.4 Å². The van der Waals surface area contributed by atoms with Gasteiger partial charge in [-0.15, -0.1) is 0 Å². The van der Waals surface area contributed by atoms with Crippen molar-refractivity contribution in [2.75, 3.05) is 0 Å². The Morgan fingerprint density at radius 3 is 2.39 bits per heavy atom. The minimum atomic E-state index is -0.959. The highest BCUT2D eigenvalue weighted by Crippen LogP contribution is 2.19. The third-order valence-electron chi connectivity index (χ3n) is 3.72. The van der Waals surface area contributed by atoms with Crippen LogP contribution in [0.25, 0.3) is 6.08 Å². The Kier molecular flexibility index (Phi) is 4.73. The van der Waals surface area contributed by atoms with Gasteiger partial charge in [0.25, 0.3) is 0 Å². The standard InChI is InChI=1S/C19H24N2O2/c1-13-7-6-8-14(2)16(13)12-21-17(18(22)23)11-15(20-21)9-10-19(3,4)5/h6-11H,12H2,1-5H3,(H,22,23). The summed E-state index contributed by atoms with van der Waals surface area (Å²) >= 11 is 0. The van der Waals surface area contributed by atoms with E-state index in [9.17, 15) is 9.90 Å². The van der Waals surface area contributed by atoms with Gasteiger partial charge in [0.05, 0.1) is 12.2 Å². The molecule has 0 spiro atoms. The number of benzene rings is 1. The summed E-state index contributed by atoms with van der Waals surface area (Å²) in [5.41, 5.74) is 4.31. The summed E-state index contributed by atoms with van der Waals surface area (Å²) in [6, 6.07) is 7.70. The monoisotopic (exact) mass is 312 g/mol. The van der Waals surface area contributed by atoms with Crippen molar-refractivity contribution in [3.8, 4) is 0 Å². The zero-order valence-electron chi connectivity index (χ0n) is 14.4. The summed E-state index contributed by atoms with van der Waals surface area (Å²) in [5.74, 6) is -0.959. The Balaban J connectivity index is 2.40.